The lowest BCUT2D eigenvalue weighted by molar-refractivity contribution is 0.0357. The highest BCUT2D eigenvalue weighted by Gasteiger charge is 2.20. The molecule has 0 saturated carbocycles. The predicted molar refractivity (Wildman–Crippen MR) is 131 cm³/mol. The Bertz CT molecular complexity index is 1280. The summed E-state index contributed by atoms with van der Waals surface area (Å²) in [6.07, 6.45) is 3.85. The second-order valence-electron chi connectivity index (χ2n) is 8.28. The summed E-state index contributed by atoms with van der Waals surface area (Å²) in [6, 6.07) is 3.90. The van der Waals surface area contributed by atoms with E-state index in [1.165, 1.54) is 12.4 Å². The topological polar surface area (TPSA) is 149 Å². The summed E-state index contributed by atoms with van der Waals surface area (Å²) in [7, 11) is 1.61. The van der Waals surface area contributed by atoms with Gasteiger partial charge in [0.05, 0.1) is 32.5 Å². The van der Waals surface area contributed by atoms with Gasteiger partial charge in [0.2, 0.25) is 11.6 Å². The van der Waals surface area contributed by atoms with Crippen molar-refractivity contribution in [1.29, 1.82) is 5.41 Å². The summed E-state index contributed by atoms with van der Waals surface area (Å²) >= 11 is 0. The molecule has 1 aromatic carbocycles. The zero-order valence-corrected chi connectivity index (χ0v) is 19.7. The van der Waals surface area contributed by atoms with Gasteiger partial charge in [-0.15, -0.1) is 0 Å². The lowest BCUT2D eigenvalue weighted by Crippen LogP contribution is -2.37. The van der Waals surface area contributed by atoms with Crippen LogP contribution in [0.5, 0.6) is 11.5 Å². The Morgan fingerprint density at radius 2 is 2.03 bits per heavy atom. The van der Waals surface area contributed by atoms with E-state index in [4.69, 9.17) is 30.3 Å². The van der Waals surface area contributed by atoms with Gasteiger partial charge in [0.25, 0.3) is 0 Å². The molecule has 1 saturated heterocycles. The average molecular weight is 480 g/mol. The molecule has 0 amide bonds. The molecule has 2 aliphatic heterocycles. The highest BCUT2D eigenvalue weighted by molar-refractivity contribution is 5.97. The molecule has 0 spiro atoms. The molecule has 12 heteroatoms. The van der Waals surface area contributed by atoms with Crippen LogP contribution < -0.4 is 26.1 Å². The number of hydrogen-bond acceptors (Lipinski definition) is 10. The second-order valence-corrected chi connectivity index (χ2v) is 8.28. The summed E-state index contributed by atoms with van der Waals surface area (Å²) in [6.45, 7) is 6.46. The van der Waals surface area contributed by atoms with E-state index >= 15 is 0 Å². The molecule has 0 aliphatic carbocycles. The number of nitrogens with one attached hydrogen (secondary N) is 2. The highest BCUT2D eigenvalue weighted by Crippen LogP contribution is 2.37. The van der Waals surface area contributed by atoms with E-state index in [9.17, 15) is 0 Å². The molecule has 4 heterocycles. The molecule has 35 heavy (non-hydrogen) atoms. The average Bonchev–Trinajstić information content (AvgIpc) is 3.38. The largest absolute Gasteiger partial charge is 0.491 e. The molecule has 184 valence electrons. The van der Waals surface area contributed by atoms with Crippen molar-refractivity contribution < 1.29 is 14.2 Å². The summed E-state index contributed by atoms with van der Waals surface area (Å²) < 4.78 is 19.2. The van der Waals surface area contributed by atoms with E-state index in [1.54, 1.807) is 7.11 Å². The molecule has 3 aromatic rings. The number of aromatic nitrogens is 4. The van der Waals surface area contributed by atoms with Gasteiger partial charge in [-0.3, -0.25) is 14.9 Å². The van der Waals surface area contributed by atoms with Crippen LogP contribution in [-0.2, 0) is 11.3 Å². The van der Waals surface area contributed by atoms with Crippen molar-refractivity contribution in [1.82, 2.24) is 24.4 Å². The number of morpholine rings is 1. The first-order valence-corrected chi connectivity index (χ1v) is 11.6. The minimum Gasteiger partial charge on any atom is -0.491 e. The van der Waals surface area contributed by atoms with Crippen LogP contribution in [0.2, 0.25) is 0 Å². The maximum atomic E-state index is 8.42. The Morgan fingerprint density at radius 1 is 1.23 bits per heavy atom. The van der Waals surface area contributed by atoms with Gasteiger partial charge in [0, 0.05) is 50.5 Å². The smallest absolute Gasteiger partial charge is 0.233 e. The molecule has 0 atom stereocenters. The van der Waals surface area contributed by atoms with E-state index in [-0.39, 0.29) is 11.8 Å². The molecule has 1 fully saturated rings. The van der Waals surface area contributed by atoms with E-state index in [0.29, 0.717) is 41.3 Å². The fourth-order valence-electron chi connectivity index (χ4n) is 4.27. The lowest BCUT2D eigenvalue weighted by Gasteiger charge is -2.26. The minimum atomic E-state index is -0.00654. The molecule has 0 bridgehead atoms. The molecule has 2 aromatic heterocycles. The van der Waals surface area contributed by atoms with Gasteiger partial charge in [0.1, 0.15) is 11.3 Å². The van der Waals surface area contributed by atoms with Crippen molar-refractivity contribution in [2.75, 3.05) is 64.2 Å². The van der Waals surface area contributed by atoms with Crippen LogP contribution >= 0.6 is 0 Å². The number of nitrogen functional groups attached to an aromatic ring is 1. The van der Waals surface area contributed by atoms with Crippen molar-refractivity contribution in [3.05, 3.63) is 35.7 Å². The number of methoxy groups -OCH3 is 1. The van der Waals surface area contributed by atoms with Crippen molar-refractivity contribution in [3.63, 3.8) is 0 Å². The number of benzene rings is 1. The third-order valence-corrected chi connectivity index (χ3v) is 6.04. The summed E-state index contributed by atoms with van der Waals surface area (Å²) in [5.74, 6) is 2.20. The van der Waals surface area contributed by atoms with Crippen LogP contribution in [0.25, 0.3) is 10.9 Å². The standard InChI is InChI=1S/C23H29N9O3/c1-33-19-17(35-10-2-6-31-8-11-34-12-9-31)4-3-16-18(19)29-23(32-7-5-26-21(16)32)30-20(24)15-13-27-22(25)28-14-15/h3-4,13-14,24,26H,2,5-12H2,1H3,(H2,25,27,28). The van der Waals surface area contributed by atoms with Crippen molar-refractivity contribution in [2.24, 2.45) is 4.99 Å². The van der Waals surface area contributed by atoms with E-state index < -0.39 is 0 Å². The number of hydrogen-bond donors (Lipinski definition) is 3. The first-order chi connectivity index (χ1) is 17.1. The molecule has 0 radical (unpaired) electrons. The van der Waals surface area contributed by atoms with Crippen LogP contribution in [0.4, 0.5) is 11.8 Å². The zero-order chi connectivity index (χ0) is 24.2. The van der Waals surface area contributed by atoms with Gasteiger partial charge in [-0.2, -0.15) is 4.99 Å². The number of anilines is 2. The van der Waals surface area contributed by atoms with Gasteiger partial charge in [0.15, 0.2) is 17.3 Å². The number of amidine groups is 1. The van der Waals surface area contributed by atoms with Crippen LogP contribution in [0.3, 0.4) is 0 Å². The number of fused-ring (bicyclic) bond motifs is 3. The monoisotopic (exact) mass is 479 g/mol. The first-order valence-electron chi connectivity index (χ1n) is 11.6. The number of rotatable bonds is 7. The van der Waals surface area contributed by atoms with E-state index in [0.717, 1.165) is 57.0 Å². The van der Waals surface area contributed by atoms with Crippen molar-refractivity contribution >= 4 is 28.5 Å². The number of nitrogens with zero attached hydrogens (tertiary/aromatic N) is 6. The Labute approximate surface area is 202 Å². The fraction of sp³-hybridized carbons (Fsp3) is 0.435. The normalized spacial score (nSPS) is 16.2. The molecule has 4 N–H and O–H groups in total. The Hall–Kier alpha value is -3.77. The van der Waals surface area contributed by atoms with Crippen molar-refractivity contribution in [3.8, 4) is 11.5 Å². The van der Waals surface area contributed by atoms with Gasteiger partial charge >= 0.3 is 0 Å². The maximum Gasteiger partial charge on any atom is 0.233 e. The van der Waals surface area contributed by atoms with Crippen LogP contribution in [0.1, 0.15) is 12.0 Å². The highest BCUT2D eigenvalue weighted by atomic mass is 16.5. The fourth-order valence-corrected chi connectivity index (χ4v) is 4.27. The third kappa shape index (κ3) is 4.88. The molecule has 5 rings (SSSR count). The number of nitrogens with two attached hydrogens (primary N) is 1. The van der Waals surface area contributed by atoms with Crippen LogP contribution in [-0.4, -0.2) is 83.4 Å². The molecular weight excluding hydrogens is 450 g/mol. The summed E-state index contributed by atoms with van der Waals surface area (Å²) in [5.41, 5.74) is 7.03. The Morgan fingerprint density at radius 3 is 2.80 bits per heavy atom. The SMILES string of the molecule is COc1c(OCCCN2CCOCC2)ccc2c3n(c(=NC(=N)c4cnc(N)nc4)nc12)CCN3. The predicted octanol–water partition coefficient (Wildman–Crippen LogP) is 0.870. The van der Waals surface area contributed by atoms with Crippen molar-refractivity contribution in [2.45, 2.75) is 13.0 Å². The molecule has 2 aliphatic rings. The molecular formula is C23H29N9O3. The summed E-state index contributed by atoms with van der Waals surface area (Å²) in [4.78, 5) is 19.5. The maximum absolute atomic E-state index is 8.42. The van der Waals surface area contributed by atoms with Gasteiger partial charge < -0.3 is 25.3 Å². The van der Waals surface area contributed by atoms with Crippen LogP contribution in [0.15, 0.2) is 29.5 Å². The Balaban J connectivity index is 1.44. The quantitative estimate of drug-likeness (QED) is 0.255. The first kappa shape index (κ1) is 23.0. The lowest BCUT2D eigenvalue weighted by atomic mass is 10.2. The molecule has 0 unspecified atom stereocenters. The third-order valence-electron chi connectivity index (χ3n) is 6.04. The van der Waals surface area contributed by atoms with E-state index in [2.05, 4.69) is 25.2 Å². The van der Waals surface area contributed by atoms with E-state index in [1.807, 2.05) is 16.7 Å². The molecule has 12 nitrogen and oxygen atoms in total. The zero-order valence-electron chi connectivity index (χ0n) is 19.7. The van der Waals surface area contributed by atoms with Gasteiger partial charge in [-0.05, 0) is 18.6 Å². The van der Waals surface area contributed by atoms with Crippen LogP contribution in [0, 0.1) is 5.41 Å². The summed E-state index contributed by atoms with van der Waals surface area (Å²) in [5, 5.41) is 12.7. The van der Waals surface area contributed by atoms with Gasteiger partial charge in [-0.25, -0.2) is 15.0 Å². The minimum absolute atomic E-state index is 0.00654. The Kier molecular flexibility index (Phi) is 6.73. The van der Waals surface area contributed by atoms with Gasteiger partial charge in [-0.1, -0.05) is 0 Å². The second kappa shape index (κ2) is 10.2. The number of ether oxygens (including phenoxy) is 3.